The summed E-state index contributed by atoms with van der Waals surface area (Å²) in [7, 11) is 0. The van der Waals surface area contributed by atoms with Crippen LogP contribution in [0.3, 0.4) is 0 Å². The second kappa shape index (κ2) is 5.94. The van der Waals surface area contributed by atoms with Crippen LogP contribution < -0.4 is 0 Å². The Morgan fingerprint density at radius 3 is 2.11 bits per heavy atom. The van der Waals surface area contributed by atoms with E-state index in [1.165, 1.54) is 0 Å². The quantitative estimate of drug-likeness (QED) is 0.741. The first-order chi connectivity index (χ1) is 8.36. The summed E-state index contributed by atoms with van der Waals surface area (Å²) in [5.74, 6) is -0.108. The van der Waals surface area contributed by atoms with E-state index in [1.54, 1.807) is 0 Å². The molecule has 0 saturated carbocycles. The Bertz CT molecular complexity index is 412. The molecule has 0 amide bonds. The molecular formula is C16H22O2. The van der Waals surface area contributed by atoms with E-state index >= 15 is 0 Å². The molecule has 1 aromatic rings. The zero-order chi connectivity index (χ0) is 13.8. The van der Waals surface area contributed by atoms with Crippen LogP contribution in [0.15, 0.2) is 30.3 Å². The highest BCUT2D eigenvalue weighted by atomic mass is 16.1. The average Bonchev–Trinajstić information content (AvgIpc) is 2.30. The number of carbonyl (C=O) groups excluding carboxylic acids is 2. The van der Waals surface area contributed by atoms with Crippen molar-refractivity contribution in [3.05, 3.63) is 35.9 Å². The van der Waals surface area contributed by atoms with Crippen molar-refractivity contribution in [3.8, 4) is 0 Å². The van der Waals surface area contributed by atoms with Gasteiger partial charge in [0.05, 0.1) is 6.42 Å². The van der Waals surface area contributed by atoms with Gasteiger partial charge in [-0.05, 0) is 12.0 Å². The Hall–Kier alpha value is -1.44. The summed E-state index contributed by atoms with van der Waals surface area (Å²) in [5.41, 5.74) is 0.566. The summed E-state index contributed by atoms with van der Waals surface area (Å²) in [6.07, 6.45) is 0.775. The lowest BCUT2D eigenvalue weighted by Gasteiger charge is -2.19. The fourth-order valence-corrected chi connectivity index (χ4v) is 1.88. The Labute approximate surface area is 109 Å². The largest absolute Gasteiger partial charge is 0.299 e. The van der Waals surface area contributed by atoms with Crippen LogP contribution in [0.25, 0.3) is 0 Å². The van der Waals surface area contributed by atoms with Gasteiger partial charge in [-0.3, -0.25) is 9.59 Å². The third-order valence-corrected chi connectivity index (χ3v) is 3.17. The third-order valence-electron chi connectivity index (χ3n) is 3.17. The minimum absolute atomic E-state index is 0.0156. The molecule has 1 atom stereocenters. The molecule has 0 aliphatic carbocycles. The van der Waals surface area contributed by atoms with Crippen LogP contribution in [-0.4, -0.2) is 11.6 Å². The Kier molecular flexibility index (Phi) is 4.83. The number of benzene rings is 1. The molecule has 0 radical (unpaired) electrons. The fourth-order valence-electron chi connectivity index (χ4n) is 1.88. The summed E-state index contributed by atoms with van der Waals surface area (Å²) >= 11 is 0. The molecule has 0 aliphatic heterocycles. The molecule has 1 unspecified atom stereocenters. The van der Waals surface area contributed by atoms with Crippen molar-refractivity contribution >= 4 is 11.6 Å². The third kappa shape index (κ3) is 3.80. The van der Waals surface area contributed by atoms with E-state index in [4.69, 9.17) is 0 Å². The lowest BCUT2D eigenvalue weighted by atomic mass is 9.83. The molecule has 2 heteroatoms. The maximum atomic E-state index is 12.2. The molecule has 0 fully saturated rings. The minimum Gasteiger partial charge on any atom is -0.299 e. The molecular weight excluding hydrogens is 224 g/mol. The van der Waals surface area contributed by atoms with Crippen LogP contribution in [0, 0.1) is 5.41 Å². The van der Waals surface area contributed by atoms with Gasteiger partial charge in [0.15, 0.2) is 0 Å². The van der Waals surface area contributed by atoms with Crippen LogP contribution in [0.4, 0.5) is 0 Å². The lowest BCUT2D eigenvalue weighted by Crippen LogP contribution is -2.25. The second-order valence-corrected chi connectivity index (χ2v) is 5.69. The van der Waals surface area contributed by atoms with Crippen molar-refractivity contribution in [2.24, 2.45) is 5.41 Å². The number of hydrogen-bond donors (Lipinski definition) is 0. The molecule has 0 saturated heterocycles. The van der Waals surface area contributed by atoms with Crippen LogP contribution in [0.5, 0.6) is 0 Å². The van der Waals surface area contributed by atoms with Gasteiger partial charge in [0.1, 0.15) is 11.6 Å². The van der Waals surface area contributed by atoms with E-state index in [1.807, 2.05) is 58.0 Å². The number of ketones is 2. The molecule has 2 nitrogen and oxygen atoms in total. The second-order valence-electron chi connectivity index (χ2n) is 5.69. The van der Waals surface area contributed by atoms with Crippen LogP contribution in [0.1, 0.15) is 52.0 Å². The van der Waals surface area contributed by atoms with Crippen LogP contribution >= 0.6 is 0 Å². The predicted octanol–water partition coefficient (Wildman–Crippen LogP) is 3.75. The molecule has 0 N–H and O–H groups in total. The maximum Gasteiger partial charge on any atom is 0.147 e. The average molecular weight is 246 g/mol. The molecule has 98 valence electrons. The molecule has 0 heterocycles. The number of carbonyl (C=O) groups is 2. The minimum atomic E-state index is -0.440. The number of hydrogen-bond acceptors (Lipinski definition) is 2. The number of Topliss-reactive ketones (excluding diaryl/α,β-unsaturated/α-hetero) is 2. The Morgan fingerprint density at radius 2 is 1.67 bits per heavy atom. The molecule has 1 aromatic carbocycles. The van der Waals surface area contributed by atoms with E-state index in [9.17, 15) is 9.59 Å². The van der Waals surface area contributed by atoms with Crippen molar-refractivity contribution in [1.29, 1.82) is 0 Å². The molecule has 0 bridgehead atoms. The van der Waals surface area contributed by atoms with Crippen LogP contribution in [-0.2, 0) is 9.59 Å². The SMILES string of the molecule is CCC(C(=O)CC(=O)C(C)(C)C)c1ccccc1. The first-order valence-electron chi connectivity index (χ1n) is 6.47. The summed E-state index contributed by atoms with van der Waals surface area (Å²) < 4.78 is 0. The van der Waals surface area contributed by atoms with Gasteiger partial charge in [-0.2, -0.15) is 0 Å². The lowest BCUT2D eigenvalue weighted by molar-refractivity contribution is -0.132. The van der Waals surface area contributed by atoms with Gasteiger partial charge in [0.2, 0.25) is 0 Å². The monoisotopic (exact) mass is 246 g/mol. The Morgan fingerprint density at radius 1 is 1.11 bits per heavy atom. The molecule has 0 aromatic heterocycles. The van der Waals surface area contributed by atoms with Gasteiger partial charge in [-0.1, -0.05) is 58.0 Å². The van der Waals surface area contributed by atoms with Crippen molar-refractivity contribution in [3.63, 3.8) is 0 Å². The highest BCUT2D eigenvalue weighted by Crippen LogP contribution is 2.24. The molecule has 0 spiro atoms. The van der Waals surface area contributed by atoms with E-state index < -0.39 is 5.41 Å². The van der Waals surface area contributed by atoms with Gasteiger partial charge in [0, 0.05) is 11.3 Å². The number of rotatable bonds is 5. The van der Waals surface area contributed by atoms with Crippen molar-refractivity contribution in [1.82, 2.24) is 0 Å². The van der Waals surface area contributed by atoms with Gasteiger partial charge in [-0.15, -0.1) is 0 Å². The van der Waals surface area contributed by atoms with E-state index in [0.29, 0.717) is 0 Å². The van der Waals surface area contributed by atoms with Gasteiger partial charge < -0.3 is 0 Å². The maximum absolute atomic E-state index is 12.2. The van der Waals surface area contributed by atoms with Crippen LogP contribution in [0.2, 0.25) is 0 Å². The molecule has 18 heavy (non-hydrogen) atoms. The summed E-state index contributed by atoms with van der Waals surface area (Å²) in [6, 6.07) is 9.69. The highest BCUT2D eigenvalue weighted by molar-refractivity contribution is 6.03. The predicted molar refractivity (Wildman–Crippen MR) is 73.6 cm³/mol. The first kappa shape index (κ1) is 14.6. The summed E-state index contributed by atoms with van der Waals surface area (Å²) in [5, 5.41) is 0. The van der Waals surface area contributed by atoms with Crippen molar-refractivity contribution < 1.29 is 9.59 Å². The highest BCUT2D eigenvalue weighted by Gasteiger charge is 2.27. The molecule has 0 aliphatic rings. The van der Waals surface area contributed by atoms with Gasteiger partial charge in [0.25, 0.3) is 0 Å². The van der Waals surface area contributed by atoms with Gasteiger partial charge >= 0.3 is 0 Å². The summed E-state index contributed by atoms with van der Waals surface area (Å²) in [4.78, 5) is 24.1. The van der Waals surface area contributed by atoms with E-state index in [-0.39, 0.29) is 23.9 Å². The van der Waals surface area contributed by atoms with Crippen molar-refractivity contribution in [2.45, 2.75) is 46.5 Å². The molecule has 1 rings (SSSR count). The van der Waals surface area contributed by atoms with Crippen molar-refractivity contribution in [2.75, 3.05) is 0 Å². The zero-order valence-electron chi connectivity index (χ0n) is 11.7. The first-order valence-corrected chi connectivity index (χ1v) is 6.47. The topological polar surface area (TPSA) is 34.1 Å². The van der Waals surface area contributed by atoms with Gasteiger partial charge in [-0.25, -0.2) is 0 Å². The van der Waals surface area contributed by atoms with E-state index in [0.717, 1.165) is 12.0 Å². The standard InChI is InChI=1S/C16H22O2/c1-5-13(12-9-7-6-8-10-12)14(17)11-15(18)16(2,3)4/h6-10,13H,5,11H2,1-4H3. The smallest absolute Gasteiger partial charge is 0.147 e. The zero-order valence-corrected chi connectivity index (χ0v) is 11.7. The fraction of sp³-hybridized carbons (Fsp3) is 0.500. The Balaban J connectivity index is 2.79. The summed E-state index contributed by atoms with van der Waals surface area (Å²) in [6.45, 7) is 7.54. The van der Waals surface area contributed by atoms with E-state index in [2.05, 4.69) is 0 Å². The normalized spacial score (nSPS) is 13.1.